The Labute approximate surface area is 144 Å². The van der Waals surface area contributed by atoms with E-state index in [9.17, 15) is 0 Å². The molecule has 0 atom stereocenters. The van der Waals surface area contributed by atoms with Gasteiger partial charge >= 0.3 is 0 Å². The van der Waals surface area contributed by atoms with E-state index in [1.54, 1.807) is 5.19 Å². The second kappa shape index (κ2) is 4.93. The van der Waals surface area contributed by atoms with Gasteiger partial charge in [0, 0.05) is 0 Å². The smallest absolute Gasteiger partial charge is 0.185 e. The van der Waals surface area contributed by atoms with Crippen molar-refractivity contribution in [1.29, 1.82) is 0 Å². The average Bonchev–Trinajstić information content (AvgIpc) is 2.33. The van der Waals surface area contributed by atoms with Gasteiger partial charge in [0.2, 0.25) is 0 Å². The molecule has 0 saturated carbocycles. The third-order valence-corrected chi connectivity index (χ3v) is 145. The third-order valence-electron chi connectivity index (χ3n) is 5.91. The first kappa shape index (κ1) is 17.2. The predicted molar refractivity (Wildman–Crippen MR) is 119 cm³/mol. The van der Waals surface area contributed by atoms with Crippen LogP contribution in [0, 0.1) is 0 Å². The number of benzene rings is 1. The molecule has 3 fully saturated rings. The van der Waals surface area contributed by atoms with Gasteiger partial charge < -0.3 is 0 Å². The Bertz CT molecular complexity index is 524. The molecule has 0 amide bonds. The Morgan fingerprint density at radius 1 is 0.619 bits per heavy atom. The largest absolute Gasteiger partial charge is 0.252 e. The van der Waals surface area contributed by atoms with Crippen molar-refractivity contribution in [2.75, 3.05) is 0 Å². The average molecular weight is 419 g/mol. The van der Waals surface area contributed by atoms with Crippen LogP contribution in [0.25, 0.3) is 0 Å². The van der Waals surface area contributed by atoms with Crippen LogP contribution in [-0.4, -0.2) is 32.4 Å². The molecule has 0 aliphatic carbocycles. The first-order valence-corrected chi connectivity index (χ1v) is 30.9. The Morgan fingerprint density at radius 3 is 1.38 bits per heavy atom. The van der Waals surface area contributed by atoms with Gasteiger partial charge in [0.1, 0.15) is 0 Å². The summed E-state index contributed by atoms with van der Waals surface area (Å²) in [5, 5.41) is 1.72. The van der Waals surface area contributed by atoms with Crippen LogP contribution >= 0.6 is 32.0 Å². The van der Waals surface area contributed by atoms with Crippen molar-refractivity contribution < 1.29 is 0 Å². The number of hydrogen-bond acceptors (Lipinski definition) is 3. The zero-order valence-corrected chi connectivity index (χ0v) is 21.6. The monoisotopic (exact) mass is 418 g/mol. The van der Waals surface area contributed by atoms with Crippen LogP contribution < -0.4 is 5.19 Å². The molecular formula is C13H26S3Si5. The Hall–Kier alpha value is 1.35. The van der Waals surface area contributed by atoms with Crippen molar-refractivity contribution in [2.45, 2.75) is 45.8 Å². The van der Waals surface area contributed by atoms with E-state index in [0.717, 1.165) is 0 Å². The normalized spacial score (nSPS) is 39.2. The van der Waals surface area contributed by atoms with E-state index >= 15 is 0 Å². The molecule has 3 heterocycles. The summed E-state index contributed by atoms with van der Waals surface area (Å²) >= 11 is 0. The summed E-state index contributed by atoms with van der Waals surface area (Å²) < 4.78 is 0. The highest BCUT2D eigenvalue weighted by Crippen LogP contribution is 2.68. The van der Waals surface area contributed by atoms with E-state index in [1.807, 2.05) is 0 Å². The quantitative estimate of drug-likeness (QED) is 0.590. The molecule has 8 heteroatoms. The van der Waals surface area contributed by atoms with Gasteiger partial charge in [0.05, 0.1) is 26.8 Å². The summed E-state index contributed by atoms with van der Waals surface area (Å²) in [6, 6.07) is 11.6. The maximum atomic E-state index is 2.85. The molecule has 0 aromatic heterocycles. The van der Waals surface area contributed by atoms with E-state index in [0.29, 0.717) is 0 Å². The molecule has 3 aliphatic rings. The molecule has 0 radical (unpaired) electrons. The van der Waals surface area contributed by atoms with E-state index < -0.39 is 32.4 Å². The predicted octanol–water partition coefficient (Wildman–Crippen LogP) is 4.99. The molecule has 1 aromatic rings. The summed E-state index contributed by atoms with van der Waals surface area (Å²) in [6.07, 6.45) is 0. The fourth-order valence-corrected chi connectivity index (χ4v) is 263. The van der Waals surface area contributed by atoms with Gasteiger partial charge in [-0.3, -0.25) is 0 Å². The molecule has 116 valence electrons. The minimum Gasteiger partial charge on any atom is -0.185 e. The van der Waals surface area contributed by atoms with Crippen molar-refractivity contribution in [3.8, 4) is 0 Å². The summed E-state index contributed by atoms with van der Waals surface area (Å²) in [5.41, 5.74) is -1.45. The fraction of sp³-hybridized carbons (Fsp3) is 0.538. The second-order valence-electron chi connectivity index (χ2n) is 7.88. The van der Waals surface area contributed by atoms with Crippen LogP contribution in [0.1, 0.15) is 0 Å². The van der Waals surface area contributed by atoms with Crippen molar-refractivity contribution in [3.05, 3.63) is 30.3 Å². The molecule has 21 heavy (non-hydrogen) atoms. The topological polar surface area (TPSA) is 0 Å². The van der Waals surface area contributed by atoms with Crippen LogP contribution in [-0.2, 0) is 0 Å². The lowest BCUT2D eigenvalue weighted by Gasteiger charge is -2.69. The van der Waals surface area contributed by atoms with Crippen LogP contribution in [0.3, 0.4) is 0 Å². The summed E-state index contributed by atoms with van der Waals surface area (Å²) in [6.45, 7) is 15.0. The molecule has 1 aromatic carbocycles. The van der Waals surface area contributed by atoms with Crippen LogP contribution in [0.5, 0.6) is 0 Å². The van der Waals surface area contributed by atoms with Crippen molar-refractivity contribution in [2.24, 2.45) is 0 Å². The van der Waals surface area contributed by atoms with Gasteiger partial charge in [-0.2, -0.15) is 32.0 Å². The maximum Gasteiger partial charge on any atom is 0.252 e. The van der Waals surface area contributed by atoms with Crippen molar-refractivity contribution in [1.82, 2.24) is 0 Å². The molecule has 2 bridgehead atoms. The minimum absolute atomic E-state index is 1.07. The highest BCUT2D eigenvalue weighted by Gasteiger charge is 2.77. The van der Waals surface area contributed by atoms with Gasteiger partial charge in [0.15, 0.2) is 0 Å². The molecule has 3 saturated heterocycles. The summed E-state index contributed by atoms with van der Waals surface area (Å²) in [7, 11) is 7.73. The van der Waals surface area contributed by atoms with Gasteiger partial charge in [-0.05, 0) is 5.19 Å². The molecular weight excluding hydrogens is 393 g/mol. The standard InChI is InChI=1S/C13H26S3Si5/c1-17(2)14-21(13-11-9-8-10-12-13)15-18(3,4)20(17,7)19(5,6)16-21/h8-12H,1-7H3. The van der Waals surface area contributed by atoms with Crippen molar-refractivity contribution >= 4 is 69.5 Å². The SMILES string of the molecule is C[Si]1(C)S[Si]2(c3ccccc3)S[Si](C)(C)[Si]1(C)[Si](C)(C)S2. The Balaban J connectivity index is 2.23. The van der Waals surface area contributed by atoms with Gasteiger partial charge in [-0.15, -0.1) is 0 Å². The highest BCUT2D eigenvalue weighted by atomic mass is 32.9. The van der Waals surface area contributed by atoms with E-state index in [1.165, 1.54) is 0 Å². The van der Waals surface area contributed by atoms with E-state index in [-0.39, 0.29) is 0 Å². The van der Waals surface area contributed by atoms with Gasteiger partial charge in [-0.25, -0.2) is 0 Å². The zero-order valence-electron chi connectivity index (χ0n) is 14.1. The number of fused-ring (bicyclic) bond motifs is 3. The summed E-state index contributed by atoms with van der Waals surface area (Å²) in [4.78, 5) is 0. The second-order valence-corrected chi connectivity index (χ2v) is 73.9. The minimum atomic E-state index is -1.45. The fourth-order valence-electron chi connectivity index (χ4n) is 4.37. The van der Waals surface area contributed by atoms with E-state index in [2.05, 4.69) is 108 Å². The highest BCUT2D eigenvalue weighted by molar-refractivity contribution is 9.06. The number of rotatable bonds is 1. The first-order valence-electron chi connectivity index (χ1n) is 7.64. The van der Waals surface area contributed by atoms with Crippen molar-refractivity contribution in [3.63, 3.8) is 0 Å². The molecule has 0 spiro atoms. The first-order chi connectivity index (χ1) is 9.48. The van der Waals surface area contributed by atoms with Crippen LogP contribution in [0.4, 0.5) is 0 Å². The lowest BCUT2D eigenvalue weighted by Crippen LogP contribution is -2.89. The molecule has 0 unspecified atom stereocenters. The van der Waals surface area contributed by atoms with Gasteiger partial charge in [-0.1, -0.05) is 76.2 Å². The summed E-state index contributed by atoms with van der Waals surface area (Å²) in [5.74, 6) is 0. The number of hydrogen-bond donors (Lipinski definition) is 0. The lowest BCUT2D eigenvalue weighted by molar-refractivity contribution is 1.77. The van der Waals surface area contributed by atoms with Crippen LogP contribution in [0.2, 0.25) is 45.8 Å². The Morgan fingerprint density at radius 2 is 1.00 bits per heavy atom. The van der Waals surface area contributed by atoms with Crippen LogP contribution in [0.15, 0.2) is 30.3 Å². The third kappa shape index (κ3) is 2.20. The maximum absolute atomic E-state index is 2.85. The molecule has 4 rings (SSSR count). The van der Waals surface area contributed by atoms with E-state index in [4.69, 9.17) is 0 Å². The lowest BCUT2D eigenvalue weighted by atomic mass is 10.4. The molecule has 0 N–H and O–H groups in total. The zero-order chi connectivity index (χ0) is 15.7. The molecule has 3 aliphatic heterocycles. The van der Waals surface area contributed by atoms with Gasteiger partial charge in [0.25, 0.3) is 5.52 Å². The molecule has 0 nitrogen and oxygen atoms in total. The Kier molecular flexibility index (Phi) is 4.04.